The van der Waals surface area contributed by atoms with Crippen LogP contribution in [0.2, 0.25) is 0 Å². The van der Waals surface area contributed by atoms with Gasteiger partial charge in [-0.15, -0.1) is 0 Å². The Labute approximate surface area is 193 Å². The van der Waals surface area contributed by atoms with Gasteiger partial charge in [0, 0.05) is 36.2 Å². The van der Waals surface area contributed by atoms with E-state index >= 15 is 0 Å². The molecule has 1 aromatic heterocycles. The highest BCUT2D eigenvalue weighted by molar-refractivity contribution is 8.00. The third-order valence-electron chi connectivity index (χ3n) is 4.92. The van der Waals surface area contributed by atoms with Gasteiger partial charge in [-0.2, -0.15) is 13.2 Å². The fourth-order valence-corrected chi connectivity index (χ4v) is 3.87. The molecule has 7 nitrogen and oxygen atoms in total. The fourth-order valence-electron chi connectivity index (χ4n) is 3.30. The second kappa shape index (κ2) is 10.2. The predicted octanol–water partition coefficient (Wildman–Crippen LogP) is 4.93. The van der Waals surface area contributed by atoms with Crippen molar-refractivity contribution < 1.29 is 17.9 Å². The summed E-state index contributed by atoms with van der Waals surface area (Å²) in [7, 11) is 0. The molecule has 3 aromatic rings. The molecule has 1 fully saturated rings. The fraction of sp³-hybridized carbons (Fsp3) is 0.273. The zero-order chi connectivity index (χ0) is 23.3. The molecule has 174 valence electrons. The van der Waals surface area contributed by atoms with Crippen molar-refractivity contribution in [3.05, 3.63) is 54.7 Å². The van der Waals surface area contributed by atoms with Crippen LogP contribution in [0.25, 0.3) is 11.3 Å². The number of nitrogen functional groups attached to an aromatic ring is 1. The molecule has 1 aliphatic rings. The summed E-state index contributed by atoms with van der Waals surface area (Å²) in [6, 6.07) is 14.8. The summed E-state index contributed by atoms with van der Waals surface area (Å²) < 4.78 is 45.0. The average Bonchev–Trinajstić information content (AvgIpc) is 2.81. The van der Waals surface area contributed by atoms with Gasteiger partial charge in [-0.1, -0.05) is 6.07 Å². The number of benzene rings is 2. The summed E-state index contributed by atoms with van der Waals surface area (Å²) in [5, 5.41) is 3.19. The number of halogens is 3. The van der Waals surface area contributed by atoms with Crippen molar-refractivity contribution in [3.8, 4) is 11.3 Å². The monoisotopic (exact) mass is 476 g/mol. The number of nitrogens with two attached hydrogens (primary N) is 1. The van der Waals surface area contributed by atoms with E-state index in [9.17, 15) is 13.2 Å². The predicted molar refractivity (Wildman–Crippen MR) is 127 cm³/mol. The molecule has 2 aromatic carbocycles. The first-order valence-corrected chi connectivity index (χ1v) is 11.2. The molecule has 0 saturated carbocycles. The molecule has 0 radical (unpaired) electrons. The molecule has 1 saturated heterocycles. The summed E-state index contributed by atoms with van der Waals surface area (Å²) in [6.45, 7) is 3.20. The number of rotatable bonds is 7. The highest BCUT2D eigenvalue weighted by Crippen LogP contribution is 2.30. The van der Waals surface area contributed by atoms with Gasteiger partial charge in [0.25, 0.3) is 0 Å². The Balaban J connectivity index is 1.41. The number of nitrogens with one attached hydrogen (secondary N) is 2. The van der Waals surface area contributed by atoms with Gasteiger partial charge < -0.3 is 25.4 Å². The standard InChI is InChI=1S/C22H23F3N6OS/c23-22(24,25)14-33-30-20-6-1-15(13-18(20)26)19-7-8-27-21(29-19)28-16-2-4-17(5-3-16)31-9-11-32-12-10-31/h1-8,13,30H,9-12,14,26H2,(H,27,28,29). The van der Waals surface area contributed by atoms with E-state index in [-0.39, 0.29) is 0 Å². The molecule has 4 N–H and O–H groups in total. The number of ether oxygens (including phenoxy) is 1. The van der Waals surface area contributed by atoms with Crippen LogP contribution in [0.15, 0.2) is 54.7 Å². The van der Waals surface area contributed by atoms with Gasteiger partial charge in [-0.25, -0.2) is 9.97 Å². The first-order chi connectivity index (χ1) is 15.9. The number of anilines is 5. The minimum Gasteiger partial charge on any atom is -0.397 e. The summed E-state index contributed by atoms with van der Waals surface area (Å²) in [5.74, 6) is -0.587. The minimum atomic E-state index is -4.25. The summed E-state index contributed by atoms with van der Waals surface area (Å²) in [4.78, 5) is 11.1. The molecular formula is C22H23F3N6OS. The highest BCUT2D eigenvalue weighted by Gasteiger charge is 2.27. The van der Waals surface area contributed by atoms with Crippen LogP contribution in [-0.2, 0) is 4.74 Å². The van der Waals surface area contributed by atoms with Gasteiger partial charge in [0.15, 0.2) is 0 Å². The van der Waals surface area contributed by atoms with Crippen molar-refractivity contribution in [2.45, 2.75) is 6.18 Å². The van der Waals surface area contributed by atoms with Crippen LogP contribution in [0.1, 0.15) is 0 Å². The highest BCUT2D eigenvalue weighted by atomic mass is 32.2. The van der Waals surface area contributed by atoms with Gasteiger partial charge in [-0.05, 0) is 54.4 Å². The second-order valence-electron chi connectivity index (χ2n) is 7.34. The van der Waals surface area contributed by atoms with E-state index in [1.165, 1.54) is 0 Å². The topological polar surface area (TPSA) is 88.3 Å². The minimum absolute atomic E-state index is 0.328. The van der Waals surface area contributed by atoms with Crippen molar-refractivity contribution >= 4 is 40.6 Å². The number of morpholine rings is 1. The molecular weight excluding hydrogens is 453 g/mol. The van der Waals surface area contributed by atoms with Crippen LogP contribution in [0, 0.1) is 0 Å². The Bertz CT molecular complexity index is 1070. The zero-order valence-electron chi connectivity index (χ0n) is 17.6. The van der Waals surface area contributed by atoms with Crippen LogP contribution in [0.5, 0.6) is 0 Å². The molecule has 11 heteroatoms. The molecule has 1 aliphatic heterocycles. The van der Waals surface area contributed by atoms with Crippen LogP contribution in [-0.4, -0.2) is 48.2 Å². The molecule has 2 heterocycles. The van der Waals surface area contributed by atoms with Crippen LogP contribution in [0.4, 0.5) is 41.9 Å². The van der Waals surface area contributed by atoms with Crippen molar-refractivity contribution in [2.75, 3.05) is 52.7 Å². The summed E-state index contributed by atoms with van der Waals surface area (Å²) >= 11 is 0.543. The quantitative estimate of drug-likeness (QED) is 0.327. The van der Waals surface area contributed by atoms with Gasteiger partial charge in [0.05, 0.1) is 30.3 Å². The van der Waals surface area contributed by atoms with Crippen molar-refractivity contribution in [1.29, 1.82) is 0 Å². The lowest BCUT2D eigenvalue weighted by molar-refractivity contribution is -0.105. The zero-order valence-corrected chi connectivity index (χ0v) is 18.4. The number of aromatic nitrogens is 2. The summed E-state index contributed by atoms with van der Waals surface area (Å²) in [5.41, 5.74) is 10.1. The summed E-state index contributed by atoms with van der Waals surface area (Å²) in [6.07, 6.45) is -2.62. The lowest BCUT2D eigenvalue weighted by Crippen LogP contribution is -2.36. The Morgan fingerprint density at radius 2 is 1.82 bits per heavy atom. The lowest BCUT2D eigenvalue weighted by atomic mass is 10.1. The normalized spacial score (nSPS) is 14.2. The van der Waals surface area contributed by atoms with E-state index in [4.69, 9.17) is 10.5 Å². The molecule has 0 unspecified atom stereocenters. The molecule has 0 spiro atoms. The Morgan fingerprint density at radius 3 is 2.52 bits per heavy atom. The molecule has 0 aliphatic carbocycles. The molecule has 33 heavy (non-hydrogen) atoms. The van der Waals surface area contributed by atoms with E-state index < -0.39 is 11.9 Å². The number of hydrogen-bond acceptors (Lipinski definition) is 8. The van der Waals surface area contributed by atoms with Gasteiger partial charge in [0.1, 0.15) is 5.75 Å². The number of alkyl halides is 3. The Hall–Kier alpha value is -3.18. The van der Waals surface area contributed by atoms with Gasteiger partial charge >= 0.3 is 6.18 Å². The first kappa shape index (κ1) is 23.0. The molecule has 0 bridgehead atoms. The Kier molecular flexibility index (Phi) is 7.09. The van der Waals surface area contributed by atoms with Gasteiger partial charge in [0.2, 0.25) is 5.95 Å². The van der Waals surface area contributed by atoms with Crippen LogP contribution in [0.3, 0.4) is 0 Å². The molecule has 0 amide bonds. The average molecular weight is 477 g/mol. The third kappa shape index (κ3) is 6.42. The SMILES string of the molecule is Nc1cc(-c2ccnc(Nc3ccc(N4CCOCC4)cc3)n2)ccc1NSCC(F)(F)F. The van der Waals surface area contributed by atoms with Crippen LogP contribution >= 0.6 is 11.9 Å². The van der Waals surface area contributed by atoms with E-state index in [0.717, 1.165) is 43.2 Å². The first-order valence-electron chi connectivity index (χ1n) is 10.2. The van der Waals surface area contributed by atoms with E-state index in [1.54, 1.807) is 30.5 Å². The van der Waals surface area contributed by atoms with E-state index in [0.29, 0.717) is 35.0 Å². The number of nitrogens with zero attached hydrogens (tertiary/aromatic N) is 3. The van der Waals surface area contributed by atoms with Gasteiger partial charge in [-0.3, -0.25) is 0 Å². The van der Waals surface area contributed by atoms with Crippen molar-refractivity contribution in [2.24, 2.45) is 0 Å². The van der Waals surface area contributed by atoms with Crippen molar-refractivity contribution in [3.63, 3.8) is 0 Å². The number of hydrogen-bond donors (Lipinski definition) is 3. The van der Waals surface area contributed by atoms with E-state index in [1.807, 2.05) is 24.3 Å². The van der Waals surface area contributed by atoms with Crippen LogP contribution < -0.4 is 20.7 Å². The van der Waals surface area contributed by atoms with E-state index in [2.05, 4.69) is 24.9 Å². The lowest BCUT2D eigenvalue weighted by Gasteiger charge is -2.28. The maximum absolute atomic E-state index is 12.3. The maximum Gasteiger partial charge on any atom is 0.399 e. The largest absolute Gasteiger partial charge is 0.399 e. The molecule has 4 rings (SSSR count). The maximum atomic E-state index is 12.3. The third-order valence-corrected chi connectivity index (χ3v) is 5.76. The Morgan fingerprint density at radius 1 is 1.06 bits per heavy atom. The molecule has 0 atom stereocenters. The smallest absolute Gasteiger partial charge is 0.397 e. The van der Waals surface area contributed by atoms with Crippen molar-refractivity contribution in [1.82, 2.24) is 9.97 Å². The second-order valence-corrected chi connectivity index (χ2v) is 8.13.